The molecule has 0 aliphatic heterocycles. The Kier molecular flexibility index (Phi) is 2.60. The van der Waals surface area contributed by atoms with E-state index in [0.29, 0.717) is 17.0 Å². The van der Waals surface area contributed by atoms with Gasteiger partial charge in [-0.3, -0.25) is 4.79 Å². The first-order valence-electron chi connectivity index (χ1n) is 5.55. The maximum absolute atomic E-state index is 12.6. The summed E-state index contributed by atoms with van der Waals surface area (Å²) in [6.07, 6.45) is -2.03. The number of rotatable bonds is 1. The Morgan fingerprint density at radius 1 is 1.05 bits per heavy atom. The van der Waals surface area contributed by atoms with Crippen LogP contribution in [0.4, 0.5) is 13.2 Å². The molecular weight excluding hydrogens is 273 g/mol. The molecule has 3 aromatic heterocycles. The van der Waals surface area contributed by atoms with Crippen LogP contribution in [0.1, 0.15) is 5.56 Å². The zero-order chi connectivity index (χ0) is 14.3. The van der Waals surface area contributed by atoms with Crippen molar-refractivity contribution in [3.63, 3.8) is 0 Å². The summed E-state index contributed by atoms with van der Waals surface area (Å²) in [6.45, 7) is 0. The zero-order valence-corrected chi connectivity index (χ0v) is 9.85. The number of hydrogen-bond donors (Lipinski definition) is 1. The molecule has 0 saturated heterocycles. The summed E-state index contributed by atoms with van der Waals surface area (Å²) in [7, 11) is 0. The molecule has 0 spiro atoms. The summed E-state index contributed by atoms with van der Waals surface area (Å²) >= 11 is 0. The van der Waals surface area contributed by atoms with Gasteiger partial charge in [0.1, 0.15) is 17.0 Å². The van der Waals surface area contributed by atoms with Crippen molar-refractivity contribution in [2.45, 2.75) is 6.18 Å². The Morgan fingerprint density at radius 3 is 2.50 bits per heavy atom. The average Bonchev–Trinajstić information content (AvgIpc) is 2.81. The van der Waals surface area contributed by atoms with E-state index < -0.39 is 11.7 Å². The monoisotopic (exact) mass is 280 g/mol. The number of pyridine rings is 1. The third kappa shape index (κ3) is 2.15. The van der Waals surface area contributed by atoms with Crippen LogP contribution in [0.25, 0.3) is 17.0 Å². The predicted octanol–water partition coefficient (Wildman–Crippen LogP) is 2.10. The van der Waals surface area contributed by atoms with Crippen molar-refractivity contribution in [1.29, 1.82) is 0 Å². The number of fused-ring (bicyclic) bond motifs is 1. The highest BCUT2D eigenvalue weighted by Crippen LogP contribution is 2.29. The van der Waals surface area contributed by atoms with Gasteiger partial charge in [-0.15, -0.1) is 0 Å². The Morgan fingerprint density at radius 2 is 1.85 bits per heavy atom. The molecule has 0 bridgehead atoms. The molecule has 0 fully saturated rings. The van der Waals surface area contributed by atoms with E-state index in [-0.39, 0.29) is 5.56 Å². The molecule has 5 nitrogen and oxygen atoms in total. The summed E-state index contributed by atoms with van der Waals surface area (Å²) in [4.78, 5) is 15.1. The van der Waals surface area contributed by atoms with E-state index in [1.807, 2.05) is 0 Å². The predicted molar refractivity (Wildman–Crippen MR) is 64.0 cm³/mol. The fourth-order valence-electron chi connectivity index (χ4n) is 1.77. The first kappa shape index (κ1) is 12.4. The van der Waals surface area contributed by atoms with Crippen LogP contribution in [0.5, 0.6) is 0 Å². The lowest BCUT2D eigenvalue weighted by molar-refractivity contribution is -0.137. The normalized spacial score (nSPS) is 11.9. The van der Waals surface area contributed by atoms with Crippen molar-refractivity contribution in [3.8, 4) is 11.4 Å². The number of hydrogen-bond acceptors (Lipinski definition) is 3. The van der Waals surface area contributed by atoms with Crippen molar-refractivity contribution in [3.05, 3.63) is 52.6 Å². The van der Waals surface area contributed by atoms with Crippen LogP contribution >= 0.6 is 0 Å². The molecule has 0 saturated carbocycles. The third-order valence-electron chi connectivity index (χ3n) is 2.72. The van der Waals surface area contributed by atoms with Crippen LogP contribution in [-0.2, 0) is 6.18 Å². The number of aromatic nitrogens is 4. The van der Waals surface area contributed by atoms with Crippen LogP contribution in [0.3, 0.4) is 0 Å². The minimum Gasteiger partial charge on any atom is -0.306 e. The molecule has 0 aromatic carbocycles. The van der Waals surface area contributed by atoms with Crippen molar-refractivity contribution in [2.24, 2.45) is 0 Å². The lowest BCUT2D eigenvalue weighted by Gasteiger charge is -2.05. The van der Waals surface area contributed by atoms with Crippen LogP contribution in [0.15, 0.2) is 41.5 Å². The molecule has 0 atom stereocenters. The minimum atomic E-state index is -4.41. The molecule has 3 aromatic rings. The van der Waals surface area contributed by atoms with Gasteiger partial charge in [0.15, 0.2) is 0 Å². The van der Waals surface area contributed by atoms with Gasteiger partial charge < -0.3 is 4.40 Å². The van der Waals surface area contributed by atoms with Crippen LogP contribution in [-0.4, -0.2) is 19.6 Å². The van der Waals surface area contributed by atoms with E-state index in [4.69, 9.17) is 0 Å². The summed E-state index contributed by atoms with van der Waals surface area (Å²) < 4.78 is 39.1. The number of alkyl halides is 3. The number of nitrogens with one attached hydrogen (secondary N) is 1. The minimum absolute atomic E-state index is 0.362. The molecule has 1 N–H and O–H groups in total. The van der Waals surface area contributed by atoms with Gasteiger partial charge in [0, 0.05) is 18.5 Å². The van der Waals surface area contributed by atoms with E-state index in [1.54, 1.807) is 0 Å². The van der Waals surface area contributed by atoms with E-state index >= 15 is 0 Å². The molecule has 8 heteroatoms. The topological polar surface area (TPSA) is 63.1 Å². The third-order valence-corrected chi connectivity index (χ3v) is 2.72. The summed E-state index contributed by atoms with van der Waals surface area (Å²) in [6, 6.07) is 4.96. The largest absolute Gasteiger partial charge is 0.417 e. The highest BCUT2D eigenvalue weighted by molar-refractivity contribution is 5.58. The van der Waals surface area contributed by atoms with Gasteiger partial charge in [0.2, 0.25) is 0 Å². The number of halogens is 3. The Hall–Kier alpha value is -2.64. The second kappa shape index (κ2) is 4.19. The fourth-order valence-corrected chi connectivity index (χ4v) is 1.77. The molecule has 102 valence electrons. The van der Waals surface area contributed by atoms with Crippen molar-refractivity contribution >= 4 is 5.65 Å². The SMILES string of the molecule is O=c1ccc(-c2cn3cc(C(F)(F)F)ccc3n2)n[nH]1. The Bertz CT molecular complexity index is 814. The molecule has 3 heterocycles. The van der Waals surface area contributed by atoms with Gasteiger partial charge in [-0.05, 0) is 18.2 Å². The van der Waals surface area contributed by atoms with Gasteiger partial charge in [-0.1, -0.05) is 0 Å². The number of nitrogens with zero attached hydrogens (tertiary/aromatic N) is 3. The second-order valence-electron chi connectivity index (χ2n) is 4.11. The summed E-state index contributed by atoms with van der Waals surface area (Å²) in [5, 5.41) is 6.02. The number of imidazole rings is 1. The summed E-state index contributed by atoms with van der Waals surface area (Å²) in [5.74, 6) is 0. The van der Waals surface area contributed by atoms with E-state index in [9.17, 15) is 18.0 Å². The van der Waals surface area contributed by atoms with Crippen molar-refractivity contribution < 1.29 is 13.2 Å². The smallest absolute Gasteiger partial charge is 0.306 e. The Labute approximate surface area is 109 Å². The van der Waals surface area contributed by atoms with Gasteiger partial charge in [-0.25, -0.2) is 10.1 Å². The quantitative estimate of drug-likeness (QED) is 0.742. The summed E-state index contributed by atoms with van der Waals surface area (Å²) in [5.41, 5.74) is -0.0105. The molecule has 0 aliphatic rings. The van der Waals surface area contributed by atoms with E-state index in [0.717, 1.165) is 12.3 Å². The molecule has 20 heavy (non-hydrogen) atoms. The number of H-pyrrole nitrogens is 1. The number of aromatic amines is 1. The molecule has 0 amide bonds. The zero-order valence-electron chi connectivity index (χ0n) is 9.85. The standard InChI is InChI=1S/C12H7F3N4O/c13-12(14,15)7-1-3-10-16-9(6-19(10)5-7)8-2-4-11(20)18-17-8/h1-6H,(H,18,20). The fraction of sp³-hybridized carbons (Fsp3) is 0.0833. The average molecular weight is 280 g/mol. The molecule has 0 aliphatic carbocycles. The van der Waals surface area contributed by atoms with Gasteiger partial charge in [0.05, 0.1) is 5.56 Å². The maximum Gasteiger partial charge on any atom is 0.417 e. The van der Waals surface area contributed by atoms with Crippen LogP contribution < -0.4 is 5.56 Å². The maximum atomic E-state index is 12.6. The lowest BCUT2D eigenvalue weighted by atomic mass is 10.3. The lowest BCUT2D eigenvalue weighted by Crippen LogP contribution is -2.05. The first-order valence-corrected chi connectivity index (χ1v) is 5.55. The molecule has 0 radical (unpaired) electrons. The van der Waals surface area contributed by atoms with E-state index in [1.165, 1.54) is 28.8 Å². The van der Waals surface area contributed by atoms with Gasteiger partial charge >= 0.3 is 6.18 Å². The molecule has 3 rings (SSSR count). The van der Waals surface area contributed by atoms with Crippen LogP contribution in [0.2, 0.25) is 0 Å². The second-order valence-corrected chi connectivity index (χ2v) is 4.11. The van der Waals surface area contributed by atoms with E-state index in [2.05, 4.69) is 15.2 Å². The van der Waals surface area contributed by atoms with Gasteiger partial charge in [0.25, 0.3) is 5.56 Å². The van der Waals surface area contributed by atoms with Crippen molar-refractivity contribution in [1.82, 2.24) is 19.6 Å². The van der Waals surface area contributed by atoms with Gasteiger partial charge in [-0.2, -0.15) is 18.3 Å². The highest BCUT2D eigenvalue weighted by atomic mass is 19.4. The highest BCUT2D eigenvalue weighted by Gasteiger charge is 2.30. The Balaban J connectivity index is 2.11. The first-order chi connectivity index (χ1) is 9.43. The molecular formula is C12H7F3N4O. The molecule has 0 unspecified atom stereocenters. The van der Waals surface area contributed by atoms with Crippen LogP contribution in [0, 0.1) is 0 Å². The van der Waals surface area contributed by atoms with Crippen molar-refractivity contribution in [2.75, 3.05) is 0 Å².